The van der Waals surface area contributed by atoms with E-state index in [2.05, 4.69) is 0 Å². The maximum absolute atomic E-state index is 11.7. The van der Waals surface area contributed by atoms with E-state index in [0.717, 1.165) is 25.9 Å². The van der Waals surface area contributed by atoms with Crippen molar-refractivity contribution in [3.8, 4) is 5.75 Å². The molecule has 1 saturated heterocycles. The first-order valence-corrected chi connectivity index (χ1v) is 7.32. The van der Waals surface area contributed by atoms with Crippen molar-refractivity contribution in [2.75, 3.05) is 26.9 Å². The van der Waals surface area contributed by atoms with Gasteiger partial charge < -0.3 is 18.9 Å². The molecule has 1 aliphatic heterocycles. The average molecular weight is 315 g/mol. The fourth-order valence-corrected chi connectivity index (χ4v) is 2.24. The van der Waals surface area contributed by atoms with Gasteiger partial charge in [-0.2, -0.15) is 0 Å². The molecule has 6 heteroatoms. The summed E-state index contributed by atoms with van der Waals surface area (Å²) in [7, 11) is 1.32. The van der Waals surface area contributed by atoms with Gasteiger partial charge in [-0.05, 0) is 37.5 Å². The van der Waals surface area contributed by atoms with E-state index >= 15 is 0 Å². The number of hydrogen-bond donors (Lipinski definition) is 0. The molecule has 0 aromatic heterocycles. The Morgan fingerprint density at radius 3 is 2.95 bits per heavy atom. The highest BCUT2D eigenvalue weighted by Gasteiger charge is 2.15. The quantitative estimate of drug-likeness (QED) is 0.596. The Kier molecular flexibility index (Phi) is 6.29. The van der Waals surface area contributed by atoms with Crippen molar-refractivity contribution >= 4 is 17.6 Å². The van der Waals surface area contributed by atoms with E-state index < -0.39 is 5.97 Å². The van der Waals surface area contributed by atoms with Gasteiger partial charge in [0.25, 0.3) is 0 Å². The lowest BCUT2D eigenvalue weighted by atomic mass is 10.2. The third kappa shape index (κ3) is 4.88. The van der Waals surface area contributed by atoms with E-state index in [1.165, 1.54) is 13.2 Å². The van der Waals surface area contributed by atoms with Crippen LogP contribution in [0.3, 0.4) is 0 Å². The molecule has 1 aliphatic rings. The Morgan fingerprint density at radius 2 is 2.24 bits per heavy atom. The van der Waals surface area contributed by atoms with Gasteiger partial charge in [-0.1, -0.05) is 11.6 Å². The third-order valence-corrected chi connectivity index (χ3v) is 3.36. The first-order valence-electron chi connectivity index (χ1n) is 6.94. The Balaban J connectivity index is 1.83. The molecule has 116 valence electrons. The molecule has 0 aliphatic carbocycles. The van der Waals surface area contributed by atoms with Gasteiger partial charge in [0.1, 0.15) is 17.9 Å². The molecule has 0 saturated carbocycles. The monoisotopic (exact) mass is 314 g/mol. The van der Waals surface area contributed by atoms with Crippen LogP contribution in [0.5, 0.6) is 5.75 Å². The molecule has 1 unspecified atom stereocenters. The van der Waals surface area contributed by atoms with Crippen LogP contribution in [0, 0.1) is 0 Å². The van der Waals surface area contributed by atoms with Crippen LogP contribution in [0.4, 0.5) is 0 Å². The summed E-state index contributed by atoms with van der Waals surface area (Å²) in [6, 6.07) is 4.83. The van der Waals surface area contributed by atoms with E-state index in [4.69, 9.17) is 30.5 Å². The van der Waals surface area contributed by atoms with Crippen molar-refractivity contribution in [2.45, 2.75) is 25.6 Å². The van der Waals surface area contributed by atoms with E-state index in [0.29, 0.717) is 29.5 Å². The molecular weight excluding hydrogens is 296 g/mol. The number of benzene rings is 1. The summed E-state index contributed by atoms with van der Waals surface area (Å²) in [6.07, 6.45) is 2.97. The van der Waals surface area contributed by atoms with Gasteiger partial charge in [-0.25, -0.2) is 4.79 Å². The smallest absolute Gasteiger partial charge is 0.341 e. The Labute approximate surface area is 129 Å². The lowest BCUT2D eigenvalue weighted by Gasteiger charge is -2.22. The Bertz CT molecular complexity index is 471. The minimum absolute atomic E-state index is 0.146. The number of hydrogen-bond acceptors (Lipinski definition) is 5. The topological polar surface area (TPSA) is 54.0 Å². The second kappa shape index (κ2) is 8.22. The molecule has 5 nitrogen and oxygen atoms in total. The van der Waals surface area contributed by atoms with Gasteiger partial charge in [0.2, 0.25) is 0 Å². The molecule has 0 radical (unpaired) electrons. The number of methoxy groups -OCH3 is 1. The number of halogens is 1. The van der Waals surface area contributed by atoms with E-state index in [1.807, 2.05) is 0 Å². The van der Waals surface area contributed by atoms with E-state index in [-0.39, 0.29) is 6.29 Å². The summed E-state index contributed by atoms with van der Waals surface area (Å²) in [5, 5.41) is 0.453. The zero-order chi connectivity index (χ0) is 15.1. The van der Waals surface area contributed by atoms with Crippen LogP contribution < -0.4 is 4.74 Å². The van der Waals surface area contributed by atoms with Crippen LogP contribution in [0.25, 0.3) is 0 Å². The molecule has 21 heavy (non-hydrogen) atoms. The van der Waals surface area contributed by atoms with Crippen LogP contribution in [0.2, 0.25) is 5.02 Å². The maximum atomic E-state index is 11.7. The molecule has 1 aromatic carbocycles. The normalized spacial score (nSPS) is 18.3. The average Bonchev–Trinajstić information content (AvgIpc) is 2.53. The highest BCUT2D eigenvalue weighted by molar-refractivity contribution is 6.31. The fraction of sp³-hybridized carbons (Fsp3) is 0.533. The van der Waals surface area contributed by atoms with E-state index in [1.54, 1.807) is 12.1 Å². The summed E-state index contributed by atoms with van der Waals surface area (Å²) in [5.74, 6) is -0.0524. The largest absolute Gasteiger partial charge is 0.490 e. The number of carbonyl (C=O) groups excluding carboxylic acids is 1. The summed E-state index contributed by atoms with van der Waals surface area (Å²) in [4.78, 5) is 11.7. The van der Waals surface area contributed by atoms with Gasteiger partial charge in [-0.15, -0.1) is 0 Å². The Morgan fingerprint density at radius 1 is 1.38 bits per heavy atom. The molecule has 2 rings (SSSR count). The molecule has 0 N–H and O–H groups in total. The first kappa shape index (κ1) is 16.1. The highest BCUT2D eigenvalue weighted by Crippen LogP contribution is 2.23. The van der Waals surface area contributed by atoms with Crippen molar-refractivity contribution < 1.29 is 23.7 Å². The summed E-state index contributed by atoms with van der Waals surface area (Å²) in [6.45, 7) is 1.47. The number of rotatable bonds is 6. The van der Waals surface area contributed by atoms with Crippen molar-refractivity contribution in [3.05, 3.63) is 28.8 Å². The number of carbonyl (C=O) groups is 1. The van der Waals surface area contributed by atoms with Crippen LogP contribution in [-0.4, -0.2) is 39.2 Å². The second-order valence-corrected chi connectivity index (χ2v) is 5.08. The predicted octanol–water partition coefficient (Wildman–Crippen LogP) is 3.05. The van der Waals surface area contributed by atoms with Gasteiger partial charge >= 0.3 is 5.97 Å². The van der Waals surface area contributed by atoms with Crippen molar-refractivity contribution in [1.29, 1.82) is 0 Å². The van der Waals surface area contributed by atoms with E-state index in [9.17, 15) is 4.79 Å². The lowest BCUT2D eigenvalue weighted by molar-refractivity contribution is -0.165. The minimum atomic E-state index is -0.482. The lowest BCUT2D eigenvalue weighted by Crippen LogP contribution is -2.24. The van der Waals surface area contributed by atoms with Crippen molar-refractivity contribution in [2.24, 2.45) is 0 Å². The number of ether oxygens (including phenoxy) is 4. The zero-order valence-electron chi connectivity index (χ0n) is 12.0. The Hall–Kier alpha value is -1.30. The fourth-order valence-electron chi connectivity index (χ4n) is 2.07. The molecule has 1 aromatic rings. The van der Waals surface area contributed by atoms with Crippen LogP contribution in [-0.2, 0) is 14.2 Å². The maximum Gasteiger partial charge on any atom is 0.341 e. The van der Waals surface area contributed by atoms with Gasteiger partial charge in [-0.3, -0.25) is 0 Å². The molecule has 1 atom stereocenters. The molecule has 0 spiro atoms. The molecular formula is C15H19ClO5. The van der Waals surface area contributed by atoms with Gasteiger partial charge in [0.15, 0.2) is 6.29 Å². The predicted molar refractivity (Wildman–Crippen MR) is 77.8 cm³/mol. The third-order valence-electron chi connectivity index (χ3n) is 3.13. The standard InChI is InChI=1S/C15H19ClO5/c1-18-15(17)12-10-11(16)5-6-13(12)19-8-9-21-14-4-2-3-7-20-14/h5-6,10,14H,2-4,7-9H2,1H3. The first-order chi connectivity index (χ1) is 10.2. The summed E-state index contributed by atoms with van der Waals surface area (Å²) >= 11 is 5.88. The van der Waals surface area contributed by atoms with Crippen LogP contribution in [0.1, 0.15) is 29.6 Å². The molecule has 0 bridgehead atoms. The molecule has 1 fully saturated rings. The van der Waals surface area contributed by atoms with Gasteiger partial charge in [0, 0.05) is 11.6 Å². The minimum Gasteiger partial charge on any atom is -0.490 e. The second-order valence-electron chi connectivity index (χ2n) is 4.65. The SMILES string of the molecule is COC(=O)c1cc(Cl)ccc1OCCOC1CCCCO1. The molecule has 0 amide bonds. The molecule has 1 heterocycles. The zero-order valence-corrected chi connectivity index (χ0v) is 12.7. The van der Waals surface area contributed by atoms with Gasteiger partial charge in [0.05, 0.1) is 13.7 Å². The van der Waals surface area contributed by atoms with Crippen molar-refractivity contribution in [3.63, 3.8) is 0 Å². The van der Waals surface area contributed by atoms with Crippen LogP contribution in [0.15, 0.2) is 18.2 Å². The van der Waals surface area contributed by atoms with Crippen LogP contribution >= 0.6 is 11.6 Å². The summed E-state index contributed by atoms with van der Waals surface area (Å²) in [5.41, 5.74) is 0.305. The van der Waals surface area contributed by atoms with Crippen molar-refractivity contribution in [1.82, 2.24) is 0 Å². The highest BCUT2D eigenvalue weighted by atomic mass is 35.5. The number of esters is 1. The summed E-state index contributed by atoms with van der Waals surface area (Å²) < 4.78 is 21.3.